The van der Waals surface area contributed by atoms with Crippen molar-refractivity contribution in [2.75, 3.05) is 7.05 Å². The third-order valence-corrected chi connectivity index (χ3v) is 2.04. The van der Waals surface area contributed by atoms with Crippen LogP contribution in [-0.4, -0.2) is 12.0 Å². The number of hydrogen-bond acceptors (Lipinski definition) is 2. The number of nitrogens with zero attached hydrogens (tertiary/aromatic N) is 1. The van der Waals surface area contributed by atoms with Gasteiger partial charge in [0.25, 0.3) is 0 Å². The SMILES string of the molecule is CNC(C)c1cc(C)nc(C)c1. The summed E-state index contributed by atoms with van der Waals surface area (Å²) in [6.45, 7) is 6.20. The first-order valence-electron chi connectivity index (χ1n) is 4.26. The maximum Gasteiger partial charge on any atom is 0.0379 e. The highest BCUT2D eigenvalue weighted by Crippen LogP contribution is 2.13. The Morgan fingerprint density at radius 2 is 1.75 bits per heavy atom. The number of rotatable bonds is 2. The molecule has 0 saturated carbocycles. The van der Waals surface area contributed by atoms with E-state index in [1.807, 2.05) is 20.9 Å². The molecule has 1 heterocycles. The largest absolute Gasteiger partial charge is 0.313 e. The molecule has 1 atom stereocenters. The number of nitrogens with one attached hydrogen (secondary N) is 1. The summed E-state index contributed by atoms with van der Waals surface area (Å²) in [5.74, 6) is 0. The van der Waals surface area contributed by atoms with Gasteiger partial charge in [-0.3, -0.25) is 4.98 Å². The molecule has 0 amide bonds. The van der Waals surface area contributed by atoms with E-state index in [2.05, 4.69) is 29.4 Å². The molecule has 1 N–H and O–H groups in total. The Balaban J connectivity index is 3.00. The van der Waals surface area contributed by atoms with Crippen molar-refractivity contribution in [3.8, 4) is 0 Å². The Morgan fingerprint density at radius 1 is 1.25 bits per heavy atom. The first-order valence-corrected chi connectivity index (χ1v) is 4.26. The topological polar surface area (TPSA) is 24.9 Å². The Hall–Kier alpha value is -0.890. The summed E-state index contributed by atoms with van der Waals surface area (Å²) in [5.41, 5.74) is 3.49. The van der Waals surface area contributed by atoms with Crippen LogP contribution in [0.25, 0.3) is 0 Å². The van der Waals surface area contributed by atoms with E-state index in [1.54, 1.807) is 0 Å². The van der Waals surface area contributed by atoms with Crippen molar-refractivity contribution in [2.24, 2.45) is 0 Å². The molecular formula is C10H16N2. The van der Waals surface area contributed by atoms with Crippen molar-refractivity contribution in [2.45, 2.75) is 26.8 Å². The van der Waals surface area contributed by atoms with Crippen LogP contribution in [0.15, 0.2) is 12.1 Å². The Kier molecular flexibility index (Phi) is 2.82. The van der Waals surface area contributed by atoms with Gasteiger partial charge in [-0.05, 0) is 45.5 Å². The van der Waals surface area contributed by atoms with E-state index in [-0.39, 0.29) is 0 Å². The monoisotopic (exact) mass is 164 g/mol. The lowest BCUT2D eigenvalue weighted by Gasteiger charge is -2.11. The van der Waals surface area contributed by atoms with E-state index in [0.717, 1.165) is 11.4 Å². The van der Waals surface area contributed by atoms with Crippen LogP contribution in [0.4, 0.5) is 0 Å². The fourth-order valence-electron chi connectivity index (χ4n) is 1.28. The zero-order valence-corrected chi connectivity index (χ0v) is 8.18. The summed E-state index contributed by atoms with van der Waals surface area (Å²) in [5, 5.41) is 3.21. The van der Waals surface area contributed by atoms with E-state index in [1.165, 1.54) is 5.56 Å². The molecule has 66 valence electrons. The van der Waals surface area contributed by atoms with Crippen molar-refractivity contribution >= 4 is 0 Å². The minimum absolute atomic E-state index is 0.408. The molecule has 12 heavy (non-hydrogen) atoms. The smallest absolute Gasteiger partial charge is 0.0379 e. The van der Waals surface area contributed by atoms with Crippen LogP contribution in [-0.2, 0) is 0 Å². The fraction of sp³-hybridized carbons (Fsp3) is 0.500. The molecule has 1 aromatic rings. The molecule has 0 fully saturated rings. The first kappa shape index (κ1) is 9.20. The highest BCUT2D eigenvalue weighted by molar-refractivity contribution is 5.22. The van der Waals surface area contributed by atoms with Crippen LogP contribution in [0.3, 0.4) is 0 Å². The van der Waals surface area contributed by atoms with Crippen LogP contribution in [0.5, 0.6) is 0 Å². The summed E-state index contributed by atoms with van der Waals surface area (Å²) < 4.78 is 0. The van der Waals surface area contributed by atoms with Crippen molar-refractivity contribution in [3.05, 3.63) is 29.1 Å². The summed E-state index contributed by atoms with van der Waals surface area (Å²) >= 11 is 0. The average Bonchev–Trinajstić information content (AvgIpc) is 2.01. The van der Waals surface area contributed by atoms with Gasteiger partial charge in [-0.25, -0.2) is 0 Å². The lowest BCUT2D eigenvalue weighted by molar-refractivity contribution is 0.649. The van der Waals surface area contributed by atoms with Gasteiger partial charge < -0.3 is 5.32 Å². The van der Waals surface area contributed by atoms with Crippen molar-refractivity contribution in [3.63, 3.8) is 0 Å². The molecular weight excluding hydrogens is 148 g/mol. The molecule has 2 nitrogen and oxygen atoms in total. The summed E-state index contributed by atoms with van der Waals surface area (Å²) in [7, 11) is 1.97. The minimum atomic E-state index is 0.408. The summed E-state index contributed by atoms with van der Waals surface area (Å²) in [6.07, 6.45) is 0. The van der Waals surface area contributed by atoms with Crippen LogP contribution >= 0.6 is 0 Å². The van der Waals surface area contributed by atoms with Gasteiger partial charge in [0, 0.05) is 17.4 Å². The average molecular weight is 164 g/mol. The maximum absolute atomic E-state index is 4.32. The zero-order chi connectivity index (χ0) is 9.14. The Bertz CT molecular complexity index is 248. The van der Waals surface area contributed by atoms with Gasteiger partial charge in [-0.2, -0.15) is 0 Å². The second-order valence-corrected chi connectivity index (χ2v) is 3.19. The molecule has 0 aliphatic rings. The quantitative estimate of drug-likeness (QED) is 0.723. The number of hydrogen-bond donors (Lipinski definition) is 1. The normalized spacial score (nSPS) is 13.0. The van der Waals surface area contributed by atoms with Gasteiger partial charge in [0.1, 0.15) is 0 Å². The van der Waals surface area contributed by atoms with Gasteiger partial charge in [-0.1, -0.05) is 0 Å². The van der Waals surface area contributed by atoms with E-state index in [9.17, 15) is 0 Å². The van der Waals surface area contributed by atoms with Gasteiger partial charge in [0.05, 0.1) is 0 Å². The van der Waals surface area contributed by atoms with Gasteiger partial charge >= 0.3 is 0 Å². The molecule has 1 rings (SSSR count). The predicted molar refractivity (Wildman–Crippen MR) is 51.2 cm³/mol. The van der Waals surface area contributed by atoms with Crippen molar-refractivity contribution in [1.29, 1.82) is 0 Å². The highest BCUT2D eigenvalue weighted by Gasteiger charge is 2.03. The standard InChI is InChI=1S/C10H16N2/c1-7-5-10(9(3)11-4)6-8(2)12-7/h5-6,9,11H,1-4H3. The fourth-order valence-corrected chi connectivity index (χ4v) is 1.28. The second-order valence-electron chi connectivity index (χ2n) is 3.19. The van der Waals surface area contributed by atoms with E-state index >= 15 is 0 Å². The maximum atomic E-state index is 4.32. The molecule has 0 bridgehead atoms. The van der Waals surface area contributed by atoms with Crippen LogP contribution in [0.1, 0.15) is 29.9 Å². The van der Waals surface area contributed by atoms with Crippen molar-refractivity contribution in [1.82, 2.24) is 10.3 Å². The van der Waals surface area contributed by atoms with Gasteiger partial charge in [-0.15, -0.1) is 0 Å². The molecule has 1 unspecified atom stereocenters. The summed E-state index contributed by atoms with van der Waals surface area (Å²) in [6, 6.07) is 4.65. The highest BCUT2D eigenvalue weighted by atomic mass is 14.9. The van der Waals surface area contributed by atoms with Crippen LogP contribution < -0.4 is 5.32 Å². The summed E-state index contributed by atoms with van der Waals surface area (Å²) in [4.78, 5) is 4.32. The van der Waals surface area contributed by atoms with E-state index in [0.29, 0.717) is 6.04 Å². The first-order chi connectivity index (χ1) is 5.63. The van der Waals surface area contributed by atoms with Gasteiger partial charge in [0.2, 0.25) is 0 Å². The molecule has 1 aromatic heterocycles. The number of pyridine rings is 1. The van der Waals surface area contributed by atoms with Crippen molar-refractivity contribution < 1.29 is 0 Å². The Morgan fingerprint density at radius 3 is 2.17 bits per heavy atom. The van der Waals surface area contributed by atoms with Crippen LogP contribution in [0, 0.1) is 13.8 Å². The molecule has 0 saturated heterocycles. The number of aryl methyl sites for hydroxylation is 2. The van der Waals surface area contributed by atoms with Crippen LogP contribution in [0.2, 0.25) is 0 Å². The van der Waals surface area contributed by atoms with Gasteiger partial charge in [0.15, 0.2) is 0 Å². The lowest BCUT2D eigenvalue weighted by Crippen LogP contribution is -2.12. The molecule has 0 spiro atoms. The molecule has 0 aliphatic carbocycles. The second kappa shape index (κ2) is 3.68. The predicted octanol–water partition coefficient (Wildman–Crippen LogP) is 1.98. The number of aromatic nitrogens is 1. The minimum Gasteiger partial charge on any atom is -0.313 e. The third kappa shape index (κ3) is 2.05. The zero-order valence-electron chi connectivity index (χ0n) is 8.18. The molecule has 0 radical (unpaired) electrons. The van der Waals surface area contributed by atoms with E-state index < -0.39 is 0 Å². The Labute approximate surface area is 74.0 Å². The molecule has 0 aromatic carbocycles. The molecule has 2 heteroatoms. The molecule has 0 aliphatic heterocycles. The lowest BCUT2D eigenvalue weighted by atomic mass is 10.1. The third-order valence-electron chi connectivity index (χ3n) is 2.04. The van der Waals surface area contributed by atoms with E-state index in [4.69, 9.17) is 0 Å².